The minimum atomic E-state index is 0.227. The normalized spacial score (nSPS) is 12.0. The molecular formula is C10H23NO2. The quantitative estimate of drug-likeness (QED) is 0.586. The molecule has 0 radical (unpaired) electrons. The van der Waals surface area contributed by atoms with E-state index < -0.39 is 0 Å². The molecule has 3 heteroatoms. The van der Waals surface area contributed by atoms with Crippen LogP contribution in [0.1, 0.15) is 27.2 Å². The summed E-state index contributed by atoms with van der Waals surface area (Å²) in [5, 5.41) is 3.42. The van der Waals surface area contributed by atoms with Crippen LogP contribution < -0.4 is 5.32 Å². The van der Waals surface area contributed by atoms with Crippen molar-refractivity contribution in [1.29, 1.82) is 0 Å². The molecule has 0 heterocycles. The fourth-order valence-electron chi connectivity index (χ4n) is 0.831. The summed E-state index contributed by atoms with van der Waals surface area (Å²) in [7, 11) is 1.68. The molecule has 0 rings (SSSR count). The van der Waals surface area contributed by atoms with E-state index in [9.17, 15) is 0 Å². The Labute approximate surface area is 81.8 Å². The molecule has 0 aliphatic heterocycles. The summed E-state index contributed by atoms with van der Waals surface area (Å²) >= 11 is 0. The maximum Gasteiger partial charge on any atom is 0.0700 e. The highest BCUT2D eigenvalue weighted by Crippen LogP contribution is 2.05. The molecule has 0 amide bonds. The number of hydrogen-bond acceptors (Lipinski definition) is 3. The van der Waals surface area contributed by atoms with Gasteiger partial charge in [-0.15, -0.1) is 0 Å². The second kappa shape index (κ2) is 7.30. The van der Waals surface area contributed by atoms with Crippen molar-refractivity contribution in [2.75, 3.05) is 33.5 Å². The van der Waals surface area contributed by atoms with Crippen molar-refractivity contribution in [3.63, 3.8) is 0 Å². The average Bonchev–Trinajstić information content (AvgIpc) is 2.11. The molecule has 0 bridgehead atoms. The fraction of sp³-hybridized carbons (Fsp3) is 1.00. The summed E-state index contributed by atoms with van der Waals surface area (Å²) in [6.07, 6.45) is 1.13. The van der Waals surface area contributed by atoms with Gasteiger partial charge >= 0.3 is 0 Å². The van der Waals surface area contributed by atoms with E-state index in [2.05, 4.69) is 26.1 Å². The van der Waals surface area contributed by atoms with E-state index in [0.29, 0.717) is 13.2 Å². The third kappa shape index (κ3) is 8.22. The predicted octanol–water partition coefficient (Wildman–Crippen LogP) is 1.43. The van der Waals surface area contributed by atoms with Gasteiger partial charge in [0.1, 0.15) is 0 Å². The summed E-state index contributed by atoms with van der Waals surface area (Å²) in [4.78, 5) is 0. The zero-order valence-electron chi connectivity index (χ0n) is 9.35. The molecule has 0 aromatic rings. The predicted molar refractivity (Wildman–Crippen MR) is 55.1 cm³/mol. The second-order valence-electron chi connectivity index (χ2n) is 3.77. The first-order chi connectivity index (χ1) is 6.12. The van der Waals surface area contributed by atoms with Gasteiger partial charge in [0, 0.05) is 19.2 Å². The van der Waals surface area contributed by atoms with Crippen molar-refractivity contribution < 1.29 is 9.47 Å². The molecule has 0 saturated heterocycles. The number of ether oxygens (including phenoxy) is 2. The molecule has 0 aromatic carbocycles. The molecule has 13 heavy (non-hydrogen) atoms. The molecule has 0 aromatic heterocycles. The van der Waals surface area contributed by atoms with E-state index in [0.717, 1.165) is 19.6 Å². The standard InChI is InChI=1S/C10H23NO2/c1-5-10(2,3)11-6-7-13-9-8-12-4/h11H,5-9H2,1-4H3. The first kappa shape index (κ1) is 12.9. The maximum atomic E-state index is 5.33. The minimum Gasteiger partial charge on any atom is -0.382 e. The Morgan fingerprint density at radius 2 is 1.85 bits per heavy atom. The van der Waals surface area contributed by atoms with Crippen LogP contribution in [0.3, 0.4) is 0 Å². The molecule has 0 atom stereocenters. The lowest BCUT2D eigenvalue weighted by Crippen LogP contribution is -2.40. The van der Waals surface area contributed by atoms with E-state index in [1.54, 1.807) is 7.11 Å². The molecule has 0 aliphatic rings. The molecule has 0 fully saturated rings. The summed E-state index contributed by atoms with van der Waals surface area (Å²) in [6.45, 7) is 9.60. The Morgan fingerprint density at radius 1 is 1.15 bits per heavy atom. The number of methoxy groups -OCH3 is 1. The first-order valence-corrected chi connectivity index (χ1v) is 4.94. The molecule has 80 valence electrons. The van der Waals surface area contributed by atoms with Gasteiger partial charge in [-0.3, -0.25) is 0 Å². The van der Waals surface area contributed by atoms with Crippen molar-refractivity contribution in [3.05, 3.63) is 0 Å². The van der Waals surface area contributed by atoms with Crippen LogP contribution in [0.25, 0.3) is 0 Å². The highest BCUT2D eigenvalue weighted by atomic mass is 16.5. The van der Waals surface area contributed by atoms with Gasteiger partial charge in [0.15, 0.2) is 0 Å². The van der Waals surface area contributed by atoms with Crippen LogP contribution in [-0.4, -0.2) is 39.0 Å². The smallest absolute Gasteiger partial charge is 0.0700 e. The van der Waals surface area contributed by atoms with Crippen molar-refractivity contribution in [2.24, 2.45) is 0 Å². The molecule has 0 aliphatic carbocycles. The van der Waals surface area contributed by atoms with Crippen LogP contribution in [0.2, 0.25) is 0 Å². The van der Waals surface area contributed by atoms with Crippen molar-refractivity contribution >= 4 is 0 Å². The SMILES string of the molecule is CCC(C)(C)NCCOCCOC. The zero-order chi connectivity index (χ0) is 10.2. The highest BCUT2D eigenvalue weighted by molar-refractivity contribution is 4.74. The van der Waals surface area contributed by atoms with Crippen LogP contribution in [0.5, 0.6) is 0 Å². The van der Waals surface area contributed by atoms with E-state index >= 15 is 0 Å². The minimum absolute atomic E-state index is 0.227. The Kier molecular flexibility index (Phi) is 7.23. The van der Waals surface area contributed by atoms with E-state index in [-0.39, 0.29) is 5.54 Å². The van der Waals surface area contributed by atoms with E-state index in [1.807, 2.05) is 0 Å². The van der Waals surface area contributed by atoms with Crippen LogP contribution in [0.4, 0.5) is 0 Å². The van der Waals surface area contributed by atoms with Gasteiger partial charge in [-0.05, 0) is 20.3 Å². The van der Waals surface area contributed by atoms with Gasteiger partial charge in [0.25, 0.3) is 0 Å². The van der Waals surface area contributed by atoms with Crippen LogP contribution >= 0.6 is 0 Å². The summed E-state index contributed by atoms with van der Waals surface area (Å²) in [6, 6.07) is 0. The van der Waals surface area contributed by atoms with Crippen LogP contribution in [0, 0.1) is 0 Å². The third-order valence-corrected chi connectivity index (χ3v) is 2.17. The fourth-order valence-corrected chi connectivity index (χ4v) is 0.831. The molecule has 1 N–H and O–H groups in total. The number of nitrogens with one attached hydrogen (secondary N) is 1. The lowest BCUT2D eigenvalue weighted by atomic mass is 10.0. The van der Waals surface area contributed by atoms with Gasteiger partial charge in [0.05, 0.1) is 19.8 Å². The van der Waals surface area contributed by atoms with Gasteiger partial charge in [-0.2, -0.15) is 0 Å². The van der Waals surface area contributed by atoms with E-state index in [1.165, 1.54) is 0 Å². The van der Waals surface area contributed by atoms with Crippen molar-refractivity contribution in [1.82, 2.24) is 5.32 Å². The Bertz CT molecular complexity index is 115. The number of rotatable bonds is 8. The van der Waals surface area contributed by atoms with Crippen LogP contribution in [0.15, 0.2) is 0 Å². The molecule has 0 unspecified atom stereocenters. The molecule has 0 spiro atoms. The lowest BCUT2D eigenvalue weighted by Gasteiger charge is -2.24. The average molecular weight is 189 g/mol. The topological polar surface area (TPSA) is 30.5 Å². The highest BCUT2D eigenvalue weighted by Gasteiger charge is 2.12. The largest absolute Gasteiger partial charge is 0.382 e. The first-order valence-electron chi connectivity index (χ1n) is 4.94. The summed E-state index contributed by atoms with van der Waals surface area (Å²) in [5.74, 6) is 0. The Morgan fingerprint density at radius 3 is 2.38 bits per heavy atom. The Hall–Kier alpha value is -0.120. The summed E-state index contributed by atoms with van der Waals surface area (Å²) < 4.78 is 10.2. The monoisotopic (exact) mass is 189 g/mol. The Balaban J connectivity index is 3.16. The van der Waals surface area contributed by atoms with Gasteiger partial charge in [-0.1, -0.05) is 6.92 Å². The van der Waals surface area contributed by atoms with Crippen LogP contribution in [-0.2, 0) is 9.47 Å². The molecule has 0 saturated carbocycles. The van der Waals surface area contributed by atoms with Crippen molar-refractivity contribution in [3.8, 4) is 0 Å². The molecule has 3 nitrogen and oxygen atoms in total. The second-order valence-corrected chi connectivity index (χ2v) is 3.77. The van der Waals surface area contributed by atoms with Gasteiger partial charge < -0.3 is 14.8 Å². The lowest BCUT2D eigenvalue weighted by molar-refractivity contribution is 0.0694. The zero-order valence-corrected chi connectivity index (χ0v) is 9.35. The van der Waals surface area contributed by atoms with Crippen molar-refractivity contribution in [2.45, 2.75) is 32.7 Å². The van der Waals surface area contributed by atoms with Gasteiger partial charge in [-0.25, -0.2) is 0 Å². The molecular weight excluding hydrogens is 166 g/mol. The maximum absolute atomic E-state index is 5.33. The number of hydrogen-bond donors (Lipinski definition) is 1. The van der Waals surface area contributed by atoms with Gasteiger partial charge in [0.2, 0.25) is 0 Å². The summed E-state index contributed by atoms with van der Waals surface area (Å²) in [5.41, 5.74) is 0.227. The van der Waals surface area contributed by atoms with E-state index in [4.69, 9.17) is 9.47 Å². The third-order valence-electron chi connectivity index (χ3n) is 2.17.